The normalized spacial score (nSPS) is 31.8. The summed E-state index contributed by atoms with van der Waals surface area (Å²) in [6.45, 7) is 12.5. The van der Waals surface area contributed by atoms with Crippen LogP contribution in [-0.2, 0) is 4.74 Å². The lowest BCUT2D eigenvalue weighted by Crippen LogP contribution is -2.48. The molecule has 4 rings (SSSR count). The average molecular weight is 417 g/mol. The highest BCUT2D eigenvalue weighted by molar-refractivity contribution is 5.58. The molecule has 1 N–H and O–H groups in total. The lowest BCUT2D eigenvalue weighted by Gasteiger charge is -2.39. The first-order chi connectivity index (χ1) is 14.3. The predicted octanol–water partition coefficient (Wildman–Crippen LogP) is 3.80. The summed E-state index contributed by atoms with van der Waals surface area (Å²) in [6.07, 6.45) is 4.61. The SMILES string of the molecule is COc1ccccc1N1CCN(C[C@@H](O)CCO[C@@H]2C[C@@H]3CC[C@]2(C)C3(C)C)CC1. The minimum absolute atomic E-state index is 0.303. The number of benzene rings is 1. The van der Waals surface area contributed by atoms with Crippen molar-refractivity contribution >= 4 is 5.69 Å². The molecule has 1 saturated heterocycles. The summed E-state index contributed by atoms with van der Waals surface area (Å²) >= 11 is 0. The van der Waals surface area contributed by atoms with Crippen LogP contribution in [-0.4, -0.2) is 68.7 Å². The van der Waals surface area contributed by atoms with E-state index in [1.54, 1.807) is 7.11 Å². The molecule has 2 aliphatic carbocycles. The molecule has 30 heavy (non-hydrogen) atoms. The topological polar surface area (TPSA) is 45.2 Å². The first kappa shape index (κ1) is 21.9. The highest BCUT2D eigenvalue weighted by atomic mass is 16.5. The third kappa shape index (κ3) is 3.96. The van der Waals surface area contributed by atoms with Gasteiger partial charge in [0, 0.05) is 39.3 Å². The summed E-state index contributed by atoms with van der Waals surface area (Å²) in [5.74, 6) is 1.73. The van der Waals surface area contributed by atoms with E-state index < -0.39 is 0 Å². The zero-order valence-corrected chi connectivity index (χ0v) is 19.3. The van der Waals surface area contributed by atoms with Crippen molar-refractivity contribution in [1.82, 2.24) is 4.90 Å². The van der Waals surface area contributed by atoms with Crippen molar-refractivity contribution in [1.29, 1.82) is 0 Å². The maximum absolute atomic E-state index is 10.6. The van der Waals surface area contributed by atoms with Crippen molar-refractivity contribution in [3.05, 3.63) is 24.3 Å². The molecule has 0 radical (unpaired) electrons. The molecule has 3 fully saturated rings. The van der Waals surface area contributed by atoms with Gasteiger partial charge in [0.05, 0.1) is 25.0 Å². The van der Waals surface area contributed by atoms with Crippen LogP contribution >= 0.6 is 0 Å². The molecular formula is C25H40N2O3. The standard InChI is InChI=1S/C25H40N2O3/c1-24(2)19-9-11-25(24,3)23(17-19)30-16-10-20(28)18-26-12-14-27(15-13-26)21-7-5-6-8-22(21)29-4/h5-8,19-20,23,28H,9-18H2,1-4H3/t19-,20-,23+,25-/m0/s1. The first-order valence-corrected chi connectivity index (χ1v) is 11.7. The van der Waals surface area contributed by atoms with Crippen molar-refractivity contribution in [2.75, 3.05) is 51.3 Å². The summed E-state index contributed by atoms with van der Waals surface area (Å²) < 4.78 is 11.8. The Hall–Kier alpha value is -1.30. The average Bonchev–Trinajstić information content (AvgIpc) is 3.08. The van der Waals surface area contributed by atoms with Crippen molar-refractivity contribution < 1.29 is 14.6 Å². The molecule has 1 aromatic rings. The second kappa shape index (κ2) is 8.68. The van der Waals surface area contributed by atoms with Gasteiger partial charge < -0.3 is 19.5 Å². The number of piperazine rings is 1. The number of methoxy groups -OCH3 is 1. The van der Waals surface area contributed by atoms with Gasteiger partial charge in [0.2, 0.25) is 0 Å². The van der Waals surface area contributed by atoms with Crippen LogP contribution in [0.4, 0.5) is 5.69 Å². The Morgan fingerprint density at radius 3 is 2.50 bits per heavy atom. The number of β-amino-alcohol motifs (C(OH)–C–C–N with tert-alkyl or cyclic N) is 1. The number of nitrogens with zero attached hydrogens (tertiary/aromatic N) is 2. The number of fused-ring (bicyclic) bond motifs is 2. The number of rotatable bonds is 8. The van der Waals surface area contributed by atoms with Crippen LogP contribution in [0.1, 0.15) is 46.5 Å². The van der Waals surface area contributed by atoms with Gasteiger partial charge in [0.1, 0.15) is 5.75 Å². The summed E-state index contributed by atoms with van der Waals surface area (Å²) in [4.78, 5) is 4.75. The number of ether oxygens (including phenoxy) is 2. The number of aliphatic hydroxyl groups excluding tert-OH is 1. The fourth-order valence-corrected chi connectivity index (χ4v) is 6.18. The lowest BCUT2D eigenvalue weighted by atomic mass is 9.70. The van der Waals surface area contributed by atoms with E-state index in [4.69, 9.17) is 9.47 Å². The largest absolute Gasteiger partial charge is 0.495 e. The molecule has 1 aromatic carbocycles. The fourth-order valence-electron chi connectivity index (χ4n) is 6.18. The van der Waals surface area contributed by atoms with Crippen LogP contribution < -0.4 is 9.64 Å². The molecule has 2 saturated carbocycles. The fraction of sp³-hybridized carbons (Fsp3) is 0.760. The Bertz CT molecular complexity index is 716. The van der Waals surface area contributed by atoms with E-state index in [1.807, 2.05) is 12.1 Å². The highest BCUT2D eigenvalue weighted by Gasteiger charge is 2.61. The Morgan fingerprint density at radius 1 is 1.13 bits per heavy atom. The minimum Gasteiger partial charge on any atom is -0.495 e. The van der Waals surface area contributed by atoms with Crippen LogP contribution in [0, 0.1) is 16.7 Å². The van der Waals surface area contributed by atoms with E-state index in [9.17, 15) is 5.11 Å². The van der Waals surface area contributed by atoms with Crippen molar-refractivity contribution in [2.45, 2.75) is 58.7 Å². The van der Waals surface area contributed by atoms with Crippen LogP contribution in [0.25, 0.3) is 0 Å². The Labute approximate surface area is 182 Å². The molecule has 3 aliphatic rings. The summed E-state index contributed by atoms with van der Waals surface area (Å²) in [6, 6.07) is 8.21. The molecule has 5 nitrogen and oxygen atoms in total. The maximum atomic E-state index is 10.6. The first-order valence-electron chi connectivity index (χ1n) is 11.7. The smallest absolute Gasteiger partial charge is 0.142 e. The van der Waals surface area contributed by atoms with Crippen LogP contribution in [0.15, 0.2) is 24.3 Å². The lowest BCUT2D eigenvalue weighted by molar-refractivity contribution is -0.0564. The monoisotopic (exact) mass is 416 g/mol. The summed E-state index contributed by atoms with van der Waals surface area (Å²) in [7, 11) is 1.73. The number of aliphatic hydroxyl groups is 1. The van der Waals surface area contributed by atoms with E-state index in [0.717, 1.165) is 56.5 Å². The zero-order valence-electron chi connectivity index (χ0n) is 19.3. The van der Waals surface area contributed by atoms with E-state index in [1.165, 1.54) is 19.3 Å². The summed E-state index contributed by atoms with van der Waals surface area (Å²) in [5, 5.41) is 10.6. The molecule has 4 atom stereocenters. The Balaban J connectivity index is 1.18. The second-order valence-electron chi connectivity index (χ2n) is 10.4. The van der Waals surface area contributed by atoms with Crippen molar-refractivity contribution in [3.63, 3.8) is 0 Å². The van der Waals surface area contributed by atoms with Crippen molar-refractivity contribution in [3.8, 4) is 5.75 Å². The number of para-hydroxylation sites is 2. The molecule has 0 amide bonds. The van der Waals surface area contributed by atoms with E-state index >= 15 is 0 Å². The number of hydrogen-bond acceptors (Lipinski definition) is 5. The quantitative estimate of drug-likeness (QED) is 0.698. The Kier molecular flexibility index (Phi) is 6.34. The molecule has 1 heterocycles. The summed E-state index contributed by atoms with van der Waals surface area (Å²) in [5.41, 5.74) is 1.85. The van der Waals surface area contributed by atoms with Gasteiger partial charge in [-0.05, 0) is 54.6 Å². The molecule has 1 aliphatic heterocycles. The maximum Gasteiger partial charge on any atom is 0.142 e. The molecule has 2 bridgehead atoms. The van der Waals surface area contributed by atoms with Crippen LogP contribution in [0.5, 0.6) is 5.75 Å². The Morgan fingerprint density at radius 2 is 1.87 bits per heavy atom. The highest BCUT2D eigenvalue weighted by Crippen LogP contribution is 2.66. The zero-order chi connectivity index (χ0) is 21.4. The molecular weight excluding hydrogens is 376 g/mol. The molecule has 0 unspecified atom stereocenters. The van der Waals surface area contributed by atoms with Gasteiger partial charge in [-0.1, -0.05) is 32.9 Å². The molecule has 168 valence electrons. The van der Waals surface area contributed by atoms with Gasteiger partial charge >= 0.3 is 0 Å². The van der Waals surface area contributed by atoms with Gasteiger partial charge in [-0.2, -0.15) is 0 Å². The van der Waals surface area contributed by atoms with Gasteiger partial charge in [-0.25, -0.2) is 0 Å². The van der Waals surface area contributed by atoms with Gasteiger partial charge in [0.25, 0.3) is 0 Å². The van der Waals surface area contributed by atoms with Gasteiger partial charge in [0.15, 0.2) is 0 Å². The molecule has 5 heteroatoms. The molecule has 0 aromatic heterocycles. The van der Waals surface area contributed by atoms with Gasteiger partial charge in [-0.3, -0.25) is 4.90 Å². The van der Waals surface area contributed by atoms with E-state index in [0.29, 0.717) is 23.5 Å². The molecule has 0 spiro atoms. The number of anilines is 1. The van der Waals surface area contributed by atoms with Crippen LogP contribution in [0.2, 0.25) is 0 Å². The van der Waals surface area contributed by atoms with Crippen LogP contribution in [0.3, 0.4) is 0 Å². The number of hydrogen-bond donors (Lipinski definition) is 1. The van der Waals surface area contributed by atoms with Crippen molar-refractivity contribution in [2.24, 2.45) is 16.7 Å². The predicted molar refractivity (Wildman–Crippen MR) is 121 cm³/mol. The van der Waals surface area contributed by atoms with E-state index in [-0.39, 0.29) is 6.10 Å². The third-order valence-electron chi connectivity index (χ3n) is 8.75. The van der Waals surface area contributed by atoms with Gasteiger partial charge in [-0.15, -0.1) is 0 Å². The minimum atomic E-state index is -0.317. The van der Waals surface area contributed by atoms with E-state index in [2.05, 4.69) is 42.7 Å². The third-order valence-corrected chi connectivity index (χ3v) is 8.75. The second-order valence-corrected chi connectivity index (χ2v) is 10.4.